The first-order valence-electron chi connectivity index (χ1n) is 7.72. The van der Waals surface area contributed by atoms with Crippen LogP contribution in [0.3, 0.4) is 0 Å². The van der Waals surface area contributed by atoms with E-state index in [9.17, 15) is 8.42 Å². The van der Waals surface area contributed by atoms with Crippen LogP contribution in [0.2, 0.25) is 0 Å². The molecule has 0 radical (unpaired) electrons. The van der Waals surface area contributed by atoms with Gasteiger partial charge in [-0.1, -0.05) is 13.3 Å². The highest BCUT2D eigenvalue weighted by atomic mass is 32.2. The average molecular weight is 313 g/mol. The first-order chi connectivity index (χ1) is 10.1. The van der Waals surface area contributed by atoms with E-state index in [0.29, 0.717) is 32.5 Å². The Kier molecular flexibility index (Phi) is 4.07. The topological polar surface area (TPSA) is 75.3 Å². The molecule has 7 heteroatoms. The summed E-state index contributed by atoms with van der Waals surface area (Å²) in [6.45, 7) is 3.76. The van der Waals surface area contributed by atoms with Crippen molar-refractivity contribution in [2.75, 3.05) is 25.4 Å². The molecular formula is C14H23N3O3S. The second-order valence-corrected chi connectivity index (χ2v) is 8.02. The van der Waals surface area contributed by atoms with E-state index in [1.165, 1.54) is 5.56 Å². The third-order valence-corrected chi connectivity index (χ3v) is 6.56. The summed E-state index contributed by atoms with van der Waals surface area (Å²) in [7, 11) is -3.11. The van der Waals surface area contributed by atoms with Gasteiger partial charge in [-0.3, -0.25) is 5.10 Å². The van der Waals surface area contributed by atoms with Crippen molar-refractivity contribution in [1.29, 1.82) is 0 Å². The molecule has 0 atom stereocenters. The Balaban J connectivity index is 1.72. The summed E-state index contributed by atoms with van der Waals surface area (Å²) in [5.74, 6) is 0.257. The lowest BCUT2D eigenvalue weighted by Crippen LogP contribution is -2.48. The minimum Gasteiger partial charge on any atom is -0.368 e. The first kappa shape index (κ1) is 15.0. The first-order valence-corrected chi connectivity index (χ1v) is 9.33. The average Bonchev–Trinajstić information content (AvgIpc) is 2.96. The fourth-order valence-corrected chi connectivity index (χ4v) is 4.95. The van der Waals surface area contributed by atoms with Crippen molar-refractivity contribution in [3.8, 4) is 0 Å². The summed E-state index contributed by atoms with van der Waals surface area (Å²) < 4.78 is 32.2. The maximum absolute atomic E-state index is 12.3. The SMILES string of the molecule is CCCCS(=O)(=O)N1CCC2(CC1)OCCc1cn[nH]c12. The maximum Gasteiger partial charge on any atom is 0.214 e. The number of piperidine rings is 1. The van der Waals surface area contributed by atoms with Crippen LogP contribution in [0.25, 0.3) is 0 Å². The molecule has 0 aliphatic carbocycles. The number of rotatable bonds is 4. The van der Waals surface area contributed by atoms with Gasteiger partial charge in [0.1, 0.15) is 5.60 Å². The maximum atomic E-state index is 12.3. The number of hydrogen-bond donors (Lipinski definition) is 1. The molecule has 3 heterocycles. The van der Waals surface area contributed by atoms with Crippen molar-refractivity contribution in [1.82, 2.24) is 14.5 Å². The van der Waals surface area contributed by atoms with Crippen molar-refractivity contribution in [3.63, 3.8) is 0 Å². The highest BCUT2D eigenvalue weighted by molar-refractivity contribution is 7.89. The van der Waals surface area contributed by atoms with E-state index in [4.69, 9.17) is 4.74 Å². The lowest BCUT2D eigenvalue weighted by molar-refractivity contribution is -0.0919. The molecule has 3 rings (SSSR count). The van der Waals surface area contributed by atoms with Crippen LogP contribution >= 0.6 is 0 Å². The Morgan fingerprint density at radius 2 is 2.19 bits per heavy atom. The Labute approximate surface area is 125 Å². The molecule has 1 saturated heterocycles. The van der Waals surface area contributed by atoms with Crippen molar-refractivity contribution >= 4 is 10.0 Å². The molecule has 0 aromatic carbocycles. The number of sulfonamides is 1. The molecule has 0 saturated carbocycles. The minimum atomic E-state index is -3.11. The number of ether oxygens (including phenoxy) is 1. The van der Waals surface area contributed by atoms with Crippen molar-refractivity contribution in [3.05, 3.63) is 17.5 Å². The molecular weight excluding hydrogens is 290 g/mol. The molecule has 118 valence electrons. The highest BCUT2D eigenvalue weighted by Crippen LogP contribution is 2.40. The molecule has 1 aromatic rings. The molecule has 1 spiro atoms. The molecule has 0 bridgehead atoms. The van der Waals surface area contributed by atoms with Crippen LogP contribution in [0.4, 0.5) is 0 Å². The monoisotopic (exact) mass is 313 g/mol. The zero-order valence-electron chi connectivity index (χ0n) is 12.5. The predicted molar refractivity (Wildman–Crippen MR) is 79.4 cm³/mol. The molecule has 1 aromatic heterocycles. The molecule has 0 amide bonds. The van der Waals surface area contributed by atoms with E-state index in [-0.39, 0.29) is 11.4 Å². The smallest absolute Gasteiger partial charge is 0.214 e. The van der Waals surface area contributed by atoms with Crippen LogP contribution in [0.5, 0.6) is 0 Å². The van der Waals surface area contributed by atoms with Gasteiger partial charge >= 0.3 is 0 Å². The van der Waals surface area contributed by atoms with Crippen LogP contribution < -0.4 is 0 Å². The normalized spacial score (nSPS) is 22.3. The van der Waals surface area contributed by atoms with Crippen LogP contribution in [0.1, 0.15) is 43.9 Å². The minimum absolute atomic E-state index is 0.257. The Morgan fingerprint density at radius 3 is 2.90 bits per heavy atom. The summed E-state index contributed by atoms with van der Waals surface area (Å²) in [6, 6.07) is 0. The zero-order chi connectivity index (χ0) is 14.9. The van der Waals surface area contributed by atoms with Gasteiger partial charge in [0.25, 0.3) is 0 Å². The number of aromatic amines is 1. The summed E-state index contributed by atoms with van der Waals surface area (Å²) in [5.41, 5.74) is 1.91. The van der Waals surface area contributed by atoms with Gasteiger partial charge in [-0.25, -0.2) is 12.7 Å². The number of nitrogens with zero attached hydrogens (tertiary/aromatic N) is 2. The Hall–Kier alpha value is -0.920. The molecule has 2 aliphatic rings. The van der Waals surface area contributed by atoms with Crippen molar-refractivity contribution in [2.24, 2.45) is 0 Å². The van der Waals surface area contributed by atoms with Crippen LogP contribution in [-0.2, 0) is 26.8 Å². The van der Waals surface area contributed by atoms with E-state index >= 15 is 0 Å². The number of unbranched alkanes of at least 4 members (excludes halogenated alkanes) is 1. The summed E-state index contributed by atoms with van der Waals surface area (Å²) >= 11 is 0. The molecule has 1 N–H and O–H groups in total. The number of aromatic nitrogens is 2. The standard InChI is InChI=1S/C14H23N3O3S/c1-2-3-10-21(18,19)17-7-5-14(6-8-17)13-12(4-9-20-14)11-15-16-13/h11H,2-10H2,1H3,(H,15,16). The number of hydrogen-bond acceptors (Lipinski definition) is 4. The fraction of sp³-hybridized carbons (Fsp3) is 0.786. The predicted octanol–water partition coefficient (Wildman–Crippen LogP) is 1.40. The zero-order valence-corrected chi connectivity index (χ0v) is 13.3. The van der Waals surface area contributed by atoms with Crippen molar-refractivity contribution in [2.45, 2.75) is 44.6 Å². The second-order valence-electron chi connectivity index (χ2n) is 5.93. The second kappa shape index (κ2) is 5.70. The van der Waals surface area contributed by atoms with E-state index in [1.807, 2.05) is 13.1 Å². The Morgan fingerprint density at radius 1 is 1.43 bits per heavy atom. The molecule has 2 aliphatic heterocycles. The molecule has 21 heavy (non-hydrogen) atoms. The molecule has 0 unspecified atom stereocenters. The van der Waals surface area contributed by atoms with Crippen LogP contribution in [0.15, 0.2) is 6.20 Å². The lowest BCUT2D eigenvalue weighted by Gasteiger charge is -2.42. The van der Waals surface area contributed by atoms with Gasteiger partial charge in [-0.15, -0.1) is 0 Å². The van der Waals surface area contributed by atoms with Crippen LogP contribution in [-0.4, -0.2) is 48.4 Å². The van der Waals surface area contributed by atoms with E-state index < -0.39 is 10.0 Å². The summed E-state index contributed by atoms with van der Waals surface area (Å²) in [5, 5.41) is 7.19. The summed E-state index contributed by atoms with van der Waals surface area (Å²) in [4.78, 5) is 0. The van der Waals surface area contributed by atoms with Gasteiger partial charge in [0.05, 0.1) is 24.3 Å². The third kappa shape index (κ3) is 2.74. The van der Waals surface area contributed by atoms with E-state index in [1.54, 1.807) is 4.31 Å². The van der Waals surface area contributed by atoms with Gasteiger partial charge in [0.2, 0.25) is 10.0 Å². The summed E-state index contributed by atoms with van der Waals surface area (Å²) in [6.07, 6.45) is 5.78. The largest absolute Gasteiger partial charge is 0.368 e. The Bertz CT molecular complexity index is 588. The van der Waals surface area contributed by atoms with Gasteiger partial charge in [-0.05, 0) is 31.2 Å². The number of H-pyrrole nitrogens is 1. The van der Waals surface area contributed by atoms with Gasteiger partial charge in [0, 0.05) is 13.1 Å². The van der Waals surface area contributed by atoms with Crippen LogP contribution in [0, 0.1) is 0 Å². The molecule has 1 fully saturated rings. The highest BCUT2D eigenvalue weighted by Gasteiger charge is 2.44. The number of nitrogens with one attached hydrogen (secondary N) is 1. The number of fused-ring (bicyclic) bond motifs is 2. The van der Waals surface area contributed by atoms with Gasteiger partial charge < -0.3 is 4.74 Å². The molecule has 6 nitrogen and oxygen atoms in total. The van der Waals surface area contributed by atoms with Crippen molar-refractivity contribution < 1.29 is 13.2 Å². The lowest BCUT2D eigenvalue weighted by atomic mass is 9.84. The van der Waals surface area contributed by atoms with Gasteiger partial charge in [-0.2, -0.15) is 5.10 Å². The third-order valence-electron chi connectivity index (χ3n) is 4.60. The van der Waals surface area contributed by atoms with E-state index in [2.05, 4.69) is 10.2 Å². The van der Waals surface area contributed by atoms with E-state index in [0.717, 1.165) is 25.0 Å². The van der Waals surface area contributed by atoms with Gasteiger partial charge in [0.15, 0.2) is 0 Å². The quantitative estimate of drug-likeness (QED) is 0.912. The fourth-order valence-electron chi connectivity index (χ4n) is 3.30.